The summed E-state index contributed by atoms with van der Waals surface area (Å²) in [6.45, 7) is 0. The highest BCUT2D eigenvalue weighted by Gasteiger charge is 2.38. The van der Waals surface area contributed by atoms with Gasteiger partial charge in [-0.1, -0.05) is 6.07 Å². The van der Waals surface area contributed by atoms with E-state index in [9.17, 15) is 17.6 Å². The molecule has 1 rings (SSSR count). The maximum Gasteiger partial charge on any atom is 0.414 e. The molecule has 0 amide bonds. The first kappa shape index (κ1) is 12.8. The number of rotatable bonds is 3. The van der Waals surface area contributed by atoms with Crippen LogP contribution in [0.1, 0.15) is 5.56 Å². The van der Waals surface area contributed by atoms with Gasteiger partial charge in [0.1, 0.15) is 0 Å². The zero-order chi connectivity index (χ0) is 12.3. The number of benzene rings is 1. The Morgan fingerprint density at radius 1 is 1.38 bits per heavy atom. The van der Waals surface area contributed by atoms with Crippen LogP contribution >= 0.6 is 0 Å². The Bertz CT molecular complexity index is 362. The molecule has 0 aromatic heterocycles. The number of hydrogen-bond donors (Lipinski definition) is 1. The van der Waals surface area contributed by atoms with E-state index < -0.39 is 24.5 Å². The van der Waals surface area contributed by atoms with Crippen LogP contribution in [0.25, 0.3) is 0 Å². The van der Waals surface area contributed by atoms with Gasteiger partial charge in [0.25, 0.3) is 0 Å². The Hall–Kier alpha value is -1.30. The minimum atomic E-state index is -4.70. The van der Waals surface area contributed by atoms with Gasteiger partial charge in [0.15, 0.2) is 17.7 Å². The Labute approximate surface area is 89.5 Å². The lowest BCUT2D eigenvalue weighted by molar-refractivity contribution is -0.203. The second-order valence-corrected chi connectivity index (χ2v) is 3.23. The molecule has 1 aromatic rings. The Kier molecular flexibility index (Phi) is 3.74. The van der Waals surface area contributed by atoms with E-state index in [1.54, 1.807) is 0 Å². The largest absolute Gasteiger partial charge is 0.494 e. The van der Waals surface area contributed by atoms with Gasteiger partial charge in [-0.25, -0.2) is 4.39 Å². The monoisotopic (exact) mass is 238 g/mol. The molecule has 0 aliphatic rings. The average Bonchev–Trinajstić information content (AvgIpc) is 2.16. The summed E-state index contributed by atoms with van der Waals surface area (Å²) < 4.78 is 53.8. The minimum absolute atomic E-state index is 0.0507. The van der Waals surface area contributed by atoms with Crippen molar-refractivity contribution in [3.63, 3.8) is 0 Å². The molecule has 0 heterocycles. The molecule has 1 aromatic carbocycles. The van der Waals surface area contributed by atoms with Gasteiger partial charge in [-0.15, -0.1) is 0 Å². The molecule has 0 bridgehead atoms. The third kappa shape index (κ3) is 3.10. The minimum Gasteiger partial charge on any atom is -0.494 e. The fourth-order valence-electron chi connectivity index (χ4n) is 1.18. The fraction of sp³-hybridized carbons (Fsp3) is 0.400. The SMILES string of the molecule is COc1ccc(C[C@H](O)C(F)(F)F)cc1F. The summed E-state index contributed by atoms with van der Waals surface area (Å²) in [7, 11) is 1.25. The summed E-state index contributed by atoms with van der Waals surface area (Å²) in [5.41, 5.74) is 0.0584. The molecule has 0 aliphatic carbocycles. The number of alkyl halides is 3. The van der Waals surface area contributed by atoms with Crippen molar-refractivity contribution in [1.82, 2.24) is 0 Å². The van der Waals surface area contributed by atoms with Gasteiger partial charge < -0.3 is 9.84 Å². The number of hydrogen-bond acceptors (Lipinski definition) is 2. The van der Waals surface area contributed by atoms with Gasteiger partial charge in [0.05, 0.1) is 7.11 Å². The van der Waals surface area contributed by atoms with Crippen LogP contribution in [0.5, 0.6) is 5.75 Å². The van der Waals surface area contributed by atoms with Crippen molar-refractivity contribution in [3.8, 4) is 5.75 Å². The number of methoxy groups -OCH3 is 1. The van der Waals surface area contributed by atoms with Crippen molar-refractivity contribution in [3.05, 3.63) is 29.6 Å². The molecule has 0 radical (unpaired) electrons. The summed E-state index contributed by atoms with van der Waals surface area (Å²) in [5, 5.41) is 8.78. The van der Waals surface area contributed by atoms with Gasteiger partial charge in [-0.05, 0) is 17.7 Å². The summed E-state index contributed by atoms with van der Waals surface area (Å²) in [6.07, 6.45) is -7.86. The molecular weight excluding hydrogens is 228 g/mol. The molecule has 0 saturated heterocycles. The quantitative estimate of drug-likeness (QED) is 0.819. The highest BCUT2D eigenvalue weighted by molar-refractivity contribution is 5.29. The van der Waals surface area contributed by atoms with Crippen molar-refractivity contribution in [2.75, 3.05) is 7.11 Å². The molecule has 0 fully saturated rings. The second kappa shape index (κ2) is 4.69. The molecule has 0 saturated carbocycles. The summed E-state index contributed by atoms with van der Waals surface area (Å²) in [5.74, 6) is -0.806. The second-order valence-electron chi connectivity index (χ2n) is 3.23. The Morgan fingerprint density at radius 3 is 2.44 bits per heavy atom. The molecule has 6 heteroatoms. The van der Waals surface area contributed by atoms with Gasteiger partial charge in [-0.3, -0.25) is 0 Å². The zero-order valence-corrected chi connectivity index (χ0v) is 8.38. The lowest BCUT2D eigenvalue weighted by atomic mass is 10.1. The summed E-state index contributed by atoms with van der Waals surface area (Å²) >= 11 is 0. The van der Waals surface area contributed by atoms with E-state index in [0.29, 0.717) is 0 Å². The lowest BCUT2D eigenvalue weighted by Crippen LogP contribution is -2.30. The van der Waals surface area contributed by atoms with Crippen molar-refractivity contribution < 1.29 is 27.4 Å². The van der Waals surface area contributed by atoms with E-state index in [-0.39, 0.29) is 11.3 Å². The van der Waals surface area contributed by atoms with E-state index in [4.69, 9.17) is 5.11 Å². The third-order valence-corrected chi connectivity index (χ3v) is 2.02. The molecule has 2 nitrogen and oxygen atoms in total. The predicted molar refractivity (Wildman–Crippen MR) is 48.7 cm³/mol. The van der Waals surface area contributed by atoms with Gasteiger partial charge in [-0.2, -0.15) is 13.2 Å². The number of halogens is 4. The first-order valence-corrected chi connectivity index (χ1v) is 4.42. The van der Waals surface area contributed by atoms with E-state index in [2.05, 4.69) is 4.74 Å². The summed E-state index contributed by atoms with van der Waals surface area (Å²) in [4.78, 5) is 0. The van der Waals surface area contributed by atoms with Crippen LogP contribution in [0.3, 0.4) is 0 Å². The van der Waals surface area contributed by atoms with Crippen LogP contribution in [0, 0.1) is 5.82 Å². The van der Waals surface area contributed by atoms with Crippen LogP contribution in [0.2, 0.25) is 0 Å². The third-order valence-electron chi connectivity index (χ3n) is 2.02. The predicted octanol–water partition coefficient (Wildman–Crippen LogP) is 2.30. The van der Waals surface area contributed by atoms with Crippen molar-refractivity contribution in [2.24, 2.45) is 0 Å². The highest BCUT2D eigenvalue weighted by atomic mass is 19.4. The van der Waals surface area contributed by atoms with Crippen molar-refractivity contribution in [2.45, 2.75) is 18.7 Å². The standard InChI is InChI=1S/C10H10F4O2/c1-16-8-3-2-6(4-7(8)11)5-9(15)10(12,13)14/h2-4,9,15H,5H2,1H3/t9-/m0/s1. The molecule has 0 unspecified atom stereocenters. The van der Waals surface area contributed by atoms with Crippen LogP contribution in [0.15, 0.2) is 18.2 Å². The smallest absolute Gasteiger partial charge is 0.414 e. The molecule has 0 aliphatic heterocycles. The van der Waals surface area contributed by atoms with E-state index in [1.165, 1.54) is 19.2 Å². The Balaban J connectivity index is 2.79. The number of ether oxygens (including phenoxy) is 1. The van der Waals surface area contributed by atoms with E-state index in [0.717, 1.165) is 6.07 Å². The lowest BCUT2D eigenvalue weighted by Gasteiger charge is -2.14. The summed E-state index contributed by atoms with van der Waals surface area (Å²) in [6, 6.07) is 3.40. The molecule has 16 heavy (non-hydrogen) atoms. The molecule has 1 N–H and O–H groups in total. The van der Waals surface area contributed by atoms with Crippen LogP contribution in [0.4, 0.5) is 17.6 Å². The van der Waals surface area contributed by atoms with Crippen LogP contribution in [-0.2, 0) is 6.42 Å². The molecule has 0 spiro atoms. The van der Waals surface area contributed by atoms with Crippen molar-refractivity contribution >= 4 is 0 Å². The first-order chi connectivity index (χ1) is 7.34. The number of aliphatic hydroxyl groups excluding tert-OH is 1. The van der Waals surface area contributed by atoms with Gasteiger partial charge >= 0.3 is 6.18 Å². The average molecular weight is 238 g/mol. The highest BCUT2D eigenvalue weighted by Crippen LogP contribution is 2.24. The maximum absolute atomic E-state index is 13.1. The van der Waals surface area contributed by atoms with Gasteiger partial charge in [0, 0.05) is 6.42 Å². The Morgan fingerprint density at radius 2 is 2.00 bits per heavy atom. The first-order valence-electron chi connectivity index (χ1n) is 4.42. The molecule has 90 valence electrons. The van der Waals surface area contributed by atoms with Crippen molar-refractivity contribution in [1.29, 1.82) is 0 Å². The number of aliphatic hydroxyl groups is 1. The van der Waals surface area contributed by atoms with E-state index >= 15 is 0 Å². The van der Waals surface area contributed by atoms with Gasteiger partial charge in [0.2, 0.25) is 0 Å². The molecule has 1 atom stereocenters. The van der Waals surface area contributed by atoms with E-state index in [1.807, 2.05) is 0 Å². The molecular formula is C10H10F4O2. The fourth-order valence-corrected chi connectivity index (χ4v) is 1.18. The normalized spacial score (nSPS) is 13.6. The van der Waals surface area contributed by atoms with Crippen LogP contribution < -0.4 is 4.74 Å². The maximum atomic E-state index is 13.1. The zero-order valence-electron chi connectivity index (χ0n) is 8.38. The topological polar surface area (TPSA) is 29.5 Å². The van der Waals surface area contributed by atoms with Crippen LogP contribution in [-0.4, -0.2) is 24.5 Å².